The largest absolute Gasteiger partial charge is 0.522 e. The SMILES string of the molecule is O=C(O)c1c(F)c(F)c(F)c(F)c1F.O=S(=O)(O)C(F)(F)F. The summed E-state index contributed by atoms with van der Waals surface area (Å²) in [5.74, 6) is -13.9. The molecule has 2 N–H and O–H groups in total. The van der Waals surface area contributed by atoms with E-state index in [1.165, 1.54) is 0 Å². The molecule has 1 rings (SSSR count). The van der Waals surface area contributed by atoms with Crippen LogP contribution >= 0.6 is 0 Å². The van der Waals surface area contributed by atoms with Crippen molar-refractivity contribution in [2.24, 2.45) is 0 Å². The fourth-order valence-corrected chi connectivity index (χ4v) is 0.793. The number of carboxylic acids is 1. The van der Waals surface area contributed by atoms with Crippen molar-refractivity contribution in [3.05, 3.63) is 34.6 Å². The van der Waals surface area contributed by atoms with Crippen LogP contribution in [0.25, 0.3) is 0 Å². The third-order valence-electron chi connectivity index (χ3n) is 1.72. The summed E-state index contributed by atoms with van der Waals surface area (Å²) >= 11 is 0. The summed E-state index contributed by atoms with van der Waals surface area (Å²) in [7, 11) is -5.84. The van der Waals surface area contributed by atoms with Gasteiger partial charge in [0.1, 0.15) is 5.56 Å². The lowest BCUT2D eigenvalue weighted by atomic mass is 10.1. The fourth-order valence-electron chi connectivity index (χ4n) is 0.793. The van der Waals surface area contributed by atoms with Crippen LogP contribution in [-0.2, 0) is 10.1 Å². The minimum atomic E-state index is -5.84. The molecule has 5 nitrogen and oxygen atoms in total. The molecular formula is C8H2F8O5S. The third-order valence-corrected chi connectivity index (χ3v) is 2.30. The Balaban J connectivity index is 0.000000472. The quantitative estimate of drug-likeness (QED) is 0.263. The van der Waals surface area contributed by atoms with Crippen molar-refractivity contribution in [2.45, 2.75) is 5.51 Å². The van der Waals surface area contributed by atoms with Crippen LogP contribution in [-0.4, -0.2) is 29.6 Å². The first kappa shape index (κ1) is 20.0. The number of carboxylic acid groups (broad SMARTS) is 1. The second-order valence-corrected chi connectivity index (χ2v) is 4.58. The lowest BCUT2D eigenvalue weighted by Crippen LogP contribution is -2.21. The van der Waals surface area contributed by atoms with Gasteiger partial charge < -0.3 is 5.11 Å². The standard InChI is InChI=1S/C7HF5O2.CHF3O3S/c8-2-1(7(13)14)3(9)5(11)6(12)4(2)10;2-1(3,4)8(5,6)7/h(H,13,14);(H,5,6,7). The number of hydrogen-bond acceptors (Lipinski definition) is 3. The molecule has 0 fully saturated rings. The maximum absolute atomic E-state index is 12.6. The van der Waals surface area contributed by atoms with Gasteiger partial charge in [-0.05, 0) is 0 Å². The smallest absolute Gasteiger partial charge is 0.477 e. The monoisotopic (exact) mass is 362 g/mol. The number of alkyl halides is 3. The van der Waals surface area contributed by atoms with Crippen LogP contribution in [0.3, 0.4) is 0 Å². The van der Waals surface area contributed by atoms with Crippen molar-refractivity contribution in [3.8, 4) is 0 Å². The molecule has 0 aromatic heterocycles. The van der Waals surface area contributed by atoms with Gasteiger partial charge in [-0.25, -0.2) is 26.7 Å². The van der Waals surface area contributed by atoms with E-state index in [1.807, 2.05) is 0 Å². The molecule has 0 radical (unpaired) electrons. The molecule has 0 aliphatic carbocycles. The highest BCUT2D eigenvalue weighted by Crippen LogP contribution is 2.22. The zero-order chi connectivity index (χ0) is 18.0. The summed E-state index contributed by atoms with van der Waals surface area (Å²) in [6.07, 6.45) is 0. The first-order valence-corrected chi connectivity index (χ1v) is 5.85. The Kier molecular flexibility index (Phi) is 5.86. The summed E-state index contributed by atoms with van der Waals surface area (Å²) in [5.41, 5.74) is -7.39. The van der Waals surface area contributed by atoms with Crippen LogP contribution in [0.5, 0.6) is 0 Å². The van der Waals surface area contributed by atoms with Gasteiger partial charge in [-0.1, -0.05) is 0 Å². The number of hydrogen-bond donors (Lipinski definition) is 2. The normalized spacial score (nSPS) is 11.7. The summed E-state index contributed by atoms with van der Waals surface area (Å²) in [6.45, 7) is 0. The molecule has 22 heavy (non-hydrogen) atoms. The van der Waals surface area contributed by atoms with Crippen LogP contribution < -0.4 is 0 Å². The number of carbonyl (C=O) groups is 1. The van der Waals surface area contributed by atoms with E-state index in [0.717, 1.165) is 0 Å². The average Bonchev–Trinajstić information content (AvgIpc) is 2.32. The van der Waals surface area contributed by atoms with Gasteiger partial charge in [-0.2, -0.15) is 21.6 Å². The van der Waals surface area contributed by atoms with Gasteiger partial charge in [-0.3, -0.25) is 4.55 Å². The topological polar surface area (TPSA) is 91.7 Å². The van der Waals surface area contributed by atoms with E-state index in [2.05, 4.69) is 0 Å². The molecule has 0 aliphatic heterocycles. The molecule has 0 atom stereocenters. The summed E-state index contributed by atoms with van der Waals surface area (Å²) < 4.78 is 120. The van der Waals surface area contributed by atoms with Crippen LogP contribution in [0.15, 0.2) is 0 Å². The predicted molar refractivity (Wildman–Crippen MR) is 50.8 cm³/mol. The van der Waals surface area contributed by atoms with E-state index < -0.39 is 56.2 Å². The Bertz CT molecular complexity index is 666. The Morgan fingerprint density at radius 3 is 1.23 bits per heavy atom. The lowest BCUT2D eigenvalue weighted by molar-refractivity contribution is -0.0510. The van der Waals surface area contributed by atoms with Crippen molar-refractivity contribution in [3.63, 3.8) is 0 Å². The Morgan fingerprint density at radius 1 is 0.818 bits per heavy atom. The molecule has 0 spiro atoms. The molecular weight excluding hydrogens is 360 g/mol. The summed E-state index contributed by atoms with van der Waals surface area (Å²) in [4.78, 5) is 10.1. The molecule has 126 valence electrons. The first-order chi connectivity index (χ1) is 9.62. The van der Waals surface area contributed by atoms with Gasteiger partial charge in [0.15, 0.2) is 23.3 Å². The molecule has 0 bridgehead atoms. The molecule has 1 aromatic rings. The second-order valence-electron chi connectivity index (χ2n) is 3.17. The molecule has 1 aromatic carbocycles. The fraction of sp³-hybridized carbons (Fsp3) is 0.125. The number of halogens is 8. The Labute approximate surface area is 115 Å². The van der Waals surface area contributed by atoms with E-state index in [0.29, 0.717) is 0 Å². The van der Waals surface area contributed by atoms with Crippen molar-refractivity contribution >= 4 is 16.1 Å². The third kappa shape index (κ3) is 4.27. The van der Waals surface area contributed by atoms with Crippen molar-refractivity contribution in [1.29, 1.82) is 0 Å². The van der Waals surface area contributed by atoms with Crippen LogP contribution in [0.1, 0.15) is 10.4 Å². The molecule has 0 heterocycles. The van der Waals surface area contributed by atoms with Gasteiger partial charge in [-0.15, -0.1) is 0 Å². The average molecular weight is 362 g/mol. The minimum Gasteiger partial charge on any atom is -0.477 e. The molecule has 0 amide bonds. The van der Waals surface area contributed by atoms with Crippen LogP contribution in [0.4, 0.5) is 35.1 Å². The lowest BCUT2D eigenvalue weighted by Gasteiger charge is -2.03. The molecule has 0 aliphatic rings. The zero-order valence-electron chi connectivity index (χ0n) is 9.55. The maximum Gasteiger partial charge on any atom is 0.522 e. The Morgan fingerprint density at radius 2 is 1.05 bits per heavy atom. The highest BCUT2D eigenvalue weighted by atomic mass is 32.2. The van der Waals surface area contributed by atoms with Crippen LogP contribution in [0.2, 0.25) is 0 Å². The molecule has 0 saturated heterocycles. The van der Waals surface area contributed by atoms with Gasteiger partial charge >= 0.3 is 21.6 Å². The summed E-state index contributed by atoms with van der Waals surface area (Å²) in [5, 5.41) is 8.15. The van der Waals surface area contributed by atoms with E-state index in [9.17, 15) is 39.9 Å². The van der Waals surface area contributed by atoms with E-state index in [-0.39, 0.29) is 0 Å². The highest BCUT2D eigenvalue weighted by molar-refractivity contribution is 7.86. The van der Waals surface area contributed by atoms with Gasteiger partial charge in [0.25, 0.3) is 0 Å². The van der Waals surface area contributed by atoms with Crippen molar-refractivity contribution in [2.75, 3.05) is 0 Å². The van der Waals surface area contributed by atoms with Crippen molar-refractivity contribution in [1.82, 2.24) is 0 Å². The van der Waals surface area contributed by atoms with Gasteiger partial charge in [0.2, 0.25) is 5.82 Å². The zero-order valence-corrected chi connectivity index (χ0v) is 10.4. The number of benzene rings is 1. The predicted octanol–water partition coefficient (Wildman–Crippen LogP) is 2.47. The van der Waals surface area contributed by atoms with Crippen molar-refractivity contribution < 1.29 is 58.0 Å². The van der Waals surface area contributed by atoms with E-state index in [4.69, 9.17) is 18.1 Å². The maximum atomic E-state index is 12.6. The number of rotatable bonds is 1. The van der Waals surface area contributed by atoms with Gasteiger partial charge in [0, 0.05) is 0 Å². The minimum absolute atomic E-state index is 1.86. The summed E-state index contributed by atoms with van der Waals surface area (Å²) in [6, 6.07) is 0. The first-order valence-electron chi connectivity index (χ1n) is 4.41. The number of aromatic carboxylic acids is 1. The second kappa shape index (κ2) is 6.43. The van der Waals surface area contributed by atoms with Gasteiger partial charge in [0.05, 0.1) is 0 Å². The Hall–Kier alpha value is -1.96. The van der Waals surface area contributed by atoms with Crippen LogP contribution in [0, 0.1) is 29.1 Å². The van der Waals surface area contributed by atoms with E-state index in [1.54, 1.807) is 0 Å². The molecule has 0 saturated carbocycles. The highest BCUT2D eigenvalue weighted by Gasteiger charge is 2.44. The molecule has 0 unspecified atom stereocenters. The molecule has 14 heteroatoms. The van der Waals surface area contributed by atoms with E-state index >= 15 is 0 Å².